The van der Waals surface area contributed by atoms with Gasteiger partial charge in [-0.25, -0.2) is 4.98 Å². The molecule has 1 amide bonds. The number of thioether (sulfide) groups is 1. The van der Waals surface area contributed by atoms with Crippen LogP contribution in [0.2, 0.25) is 0 Å². The Morgan fingerprint density at radius 2 is 1.97 bits per heavy atom. The summed E-state index contributed by atoms with van der Waals surface area (Å²) in [7, 11) is 0. The molecule has 0 N–H and O–H groups in total. The Kier molecular flexibility index (Phi) is 5.94. The summed E-state index contributed by atoms with van der Waals surface area (Å²) in [6, 6.07) is 18.2. The number of nitriles is 1. The van der Waals surface area contributed by atoms with E-state index in [-0.39, 0.29) is 11.9 Å². The molecule has 1 atom stereocenters. The highest BCUT2D eigenvalue weighted by Gasteiger charge is 2.31. The molecule has 2 aliphatic heterocycles. The molecule has 0 aliphatic carbocycles. The van der Waals surface area contributed by atoms with Crippen molar-refractivity contribution in [2.75, 3.05) is 25.5 Å². The number of carbonyl (C=O) groups is 1. The van der Waals surface area contributed by atoms with Crippen LogP contribution in [0, 0.1) is 18.3 Å². The number of imidazole rings is 1. The highest BCUT2D eigenvalue weighted by molar-refractivity contribution is 7.99. The van der Waals surface area contributed by atoms with Crippen molar-refractivity contribution in [1.82, 2.24) is 14.3 Å². The quantitative estimate of drug-likeness (QED) is 0.356. The lowest BCUT2D eigenvalue weighted by molar-refractivity contribution is -0.129. The summed E-state index contributed by atoms with van der Waals surface area (Å²) in [6.45, 7) is 3.96. The molecule has 36 heavy (non-hydrogen) atoms. The van der Waals surface area contributed by atoms with Crippen LogP contribution in [-0.2, 0) is 4.79 Å². The van der Waals surface area contributed by atoms with Crippen molar-refractivity contribution >= 4 is 34.3 Å². The predicted molar refractivity (Wildman–Crippen MR) is 139 cm³/mol. The van der Waals surface area contributed by atoms with Crippen molar-refractivity contribution in [3.63, 3.8) is 0 Å². The number of hydrogen-bond acceptors (Lipinski definition) is 6. The van der Waals surface area contributed by atoms with Gasteiger partial charge in [0.2, 0.25) is 5.91 Å². The van der Waals surface area contributed by atoms with Crippen LogP contribution >= 0.6 is 11.8 Å². The van der Waals surface area contributed by atoms with Crippen LogP contribution < -0.4 is 9.47 Å². The molecule has 0 unspecified atom stereocenters. The molecule has 4 heterocycles. The minimum absolute atomic E-state index is 0.0343. The third-order valence-electron chi connectivity index (χ3n) is 6.92. The molecule has 8 heteroatoms. The standard InChI is InChI=1S/C28H26N4O3S/c1-18-14-27(32-23-7-3-2-6-21(23)30-28(32)20(18)16-29)36-17-26(33)31-11-4-8-22(31)19-9-10-24-25(15-19)35-13-5-12-34-24/h2-3,6-7,9-10,14-15,22H,4-5,8,11-13,17H2,1H3/t22-/m0/s1. The number of hydrogen-bond donors (Lipinski definition) is 0. The highest BCUT2D eigenvalue weighted by atomic mass is 32.2. The van der Waals surface area contributed by atoms with E-state index in [1.165, 1.54) is 11.8 Å². The first kappa shape index (κ1) is 22.7. The van der Waals surface area contributed by atoms with Crippen LogP contribution in [0.3, 0.4) is 0 Å². The Morgan fingerprint density at radius 3 is 2.83 bits per heavy atom. The SMILES string of the molecule is Cc1cc(SCC(=O)N2CCC[C@H]2c2ccc3c(c2)OCCCO3)n2c(nc3ccccc32)c1C#N. The average molecular weight is 499 g/mol. The number of para-hydroxylation sites is 2. The Hall–Kier alpha value is -3.70. The summed E-state index contributed by atoms with van der Waals surface area (Å²) in [4.78, 5) is 20.2. The Bertz CT molecular complexity index is 1520. The lowest BCUT2D eigenvalue weighted by Crippen LogP contribution is -2.32. The summed E-state index contributed by atoms with van der Waals surface area (Å²) in [6.07, 6.45) is 2.77. The minimum atomic E-state index is 0.0343. The molecule has 182 valence electrons. The number of carbonyl (C=O) groups excluding carboxylic acids is 1. The second kappa shape index (κ2) is 9.40. The molecule has 2 aromatic carbocycles. The molecule has 6 rings (SSSR count). The summed E-state index contributed by atoms with van der Waals surface area (Å²) in [5, 5.41) is 10.6. The highest BCUT2D eigenvalue weighted by Crippen LogP contribution is 2.38. The van der Waals surface area contributed by atoms with E-state index in [9.17, 15) is 10.1 Å². The molecule has 0 radical (unpaired) electrons. The van der Waals surface area contributed by atoms with Crippen LogP contribution in [0.15, 0.2) is 53.6 Å². The van der Waals surface area contributed by atoms with Crippen LogP contribution in [0.4, 0.5) is 0 Å². The van der Waals surface area contributed by atoms with Crippen molar-refractivity contribution in [1.29, 1.82) is 5.26 Å². The fraction of sp³-hybridized carbons (Fsp3) is 0.321. The fourth-order valence-electron chi connectivity index (χ4n) is 5.18. The molecule has 2 aromatic heterocycles. The second-order valence-electron chi connectivity index (χ2n) is 9.20. The molecule has 4 aromatic rings. The van der Waals surface area contributed by atoms with E-state index >= 15 is 0 Å². The van der Waals surface area contributed by atoms with Gasteiger partial charge in [-0.2, -0.15) is 5.26 Å². The zero-order valence-corrected chi connectivity index (χ0v) is 20.9. The van der Waals surface area contributed by atoms with E-state index in [0.29, 0.717) is 30.2 Å². The monoisotopic (exact) mass is 498 g/mol. The van der Waals surface area contributed by atoms with Crippen LogP contribution in [0.1, 0.15) is 42.0 Å². The second-order valence-corrected chi connectivity index (χ2v) is 10.2. The molecule has 2 aliphatic rings. The van der Waals surface area contributed by atoms with Gasteiger partial charge in [0.1, 0.15) is 6.07 Å². The van der Waals surface area contributed by atoms with Crippen molar-refractivity contribution in [2.24, 2.45) is 0 Å². The molecule has 0 saturated carbocycles. The van der Waals surface area contributed by atoms with E-state index in [1.54, 1.807) is 0 Å². The molecule has 7 nitrogen and oxygen atoms in total. The first-order chi connectivity index (χ1) is 17.6. The van der Waals surface area contributed by atoms with E-state index in [2.05, 4.69) is 12.1 Å². The summed E-state index contributed by atoms with van der Waals surface area (Å²) in [5.74, 6) is 1.96. The van der Waals surface area contributed by atoms with Crippen molar-refractivity contribution in [3.8, 4) is 17.6 Å². The topological polar surface area (TPSA) is 79.9 Å². The normalized spacial score (nSPS) is 17.3. The molecule has 0 bridgehead atoms. The van der Waals surface area contributed by atoms with E-state index in [4.69, 9.17) is 14.5 Å². The predicted octanol–water partition coefficient (Wildman–Crippen LogP) is 5.28. The number of rotatable bonds is 4. The molecular weight excluding hydrogens is 472 g/mol. The van der Waals surface area contributed by atoms with E-state index in [0.717, 1.165) is 64.5 Å². The first-order valence-electron chi connectivity index (χ1n) is 12.3. The number of nitrogens with zero attached hydrogens (tertiary/aromatic N) is 4. The third kappa shape index (κ3) is 3.94. The smallest absolute Gasteiger partial charge is 0.233 e. The van der Waals surface area contributed by atoms with Crippen LogP contribution in [0.5, 0.6) is 11.5 Å². The van der Waals surface area contributed by atoms with Crippen LogP contribution in [0.25, 0.3) is 16.7 Å². The number of likely N-dealkylation sites (tertiary alicyclic amines) is 1. The first-order valence-corrected chi connectivity index (χ1v) is 13.3. The summed E-state index contributed by atoms with van der Waals surface area (Å²) < 4.78 is 13.7. The molecule has 0 spiro atoms. The largest absolute Gasteiger partial charge is 0.490 e. The van der Waals surface area contributed by atoms with Gasteiger partial charge in [-0.1, -0.05) is 30.0 Å². The summed E-state index contributed by atoms with van der Waals surface area (Å²) in [5.41, 5.74) is 4.93. The molecular formula is C28H26N4O3S. The zero-order valence-electron chi connectivity index (χ0n) is 20.1. The van der Waals surface area contributed by atoms with Crippen molar-refractivity contribution in [2.45, 2.75) is 37.3 Å². The zero-order chi connectivity index (χ0) is 24.6. The van der Waals surface area contributed by atoms with Gasteiger partial charge in [0.15, 0.2) is 17.1 Å². The van der Waals surface area contributed by atoms with E-state index in [1.807, 2.05) is 58.7 Å². The van der Waals surface area contributed by atoms with Gasteiger partial charge in [0, 0.05) is 13.0 Å². The number of aromatic nitrogens is 2. The number of fused-ring (bicyclic) bond motifs is 4. The Morgan fingerprint density at radius 1 is 1.14 bits per heavy atom. The minimum Gasteiger partial charge on any atom is -0.490 e. The maximum absolute atomic E-state index is 13.5. The fourth-order valence-corrected chi connectivity index (χ4v) is 6.19. The van der Waals surface area contributed by atoms with Crippen molar-refractivity contribution in [3.05, 3.63) is 65.2 Å². The van der Waals surface area contributed by atoms with Gasteiger partial charge in [0.05, 0.1) is 46.6 Å². The van der Waals surface area contributed by atoms with Gasteiger partial charge in [-0.3, -0.25) is 9.20 Å². The van der Waals surface area contributed by atoms with Crippen LogP contribution in [-0.4, -0.2) is 45.7 Å². The van der Waals surface area contributed by atoms with Crippen molar-refractivity contribution < 1.29 is 14.3 Å². The number of pyridine rings is 1. The Balaban J connectivity index is 1.27. The number of amides is 1. The number of ether oxygens (including phenoxy) is 2. The lowest BCUT2D eigenvalue weighted by atomic mass is 10.0. The molecule has 1 fully saturated rings. The summed E-state index contributed by atoms with van der Waals surface area (Å²) >= 11 is 1.50. The van der Waals surface area contributed by atoms with Gasteiger partial charge in [0.25, 0.3) is 0 Å². The van der Waals surface area contributed by atoms with Gasteiger partial charge < -0.3 is 14.4 Å². The maximum Gasteiger partial charge on any atom is 0.233 e. The lowest BCUT2D eigenvalue weighted by Gasteiger charge is -2.26. The van der Waals surface area contributed by atoms with E-state index < -0.39 is 0 Å². The maximum atomic E-state index is 13.5. The third-order valence-corrected chi connectivity index (χ3v) is 7.91. The van der Waals surface area contributed by atoms with Gasteiger partial charge >= 0.3 is 0 Å². The number of benzene rings is 2. The Labute approximate surface area is 213 Å². The average Bonchev–Trinajstić information content (AvgIpc) is 3.46. The number of aryl methyl sites for hydroxylation is 1. The molecule has 1 saturated heterocycles. The van der Waals surface area contributed by atoms with Gasteiger partial charge in [-0.15, -0.1) is 0 Å². The van der Waals surface area contributed by atoms with Gasteiger partial charge in [-0.05, 0) is 61.2 Å².